The number of hydrogen-bond donors (Lipinski definition) is 1. The Balaban J connectivity index is 2.33. The van der Waals surface area contributed by atoms with Crippen LogP contribution in [0.4, 0.5) is 5.69 Å². The second-order valence-corrected chi connectivity index (χ2v) is 6.62. The van der Waals surface area contributed by atoms with Gasteiger partial charge in [0.25, 0.3) is 5.69 Å². The van der Waals surface area contributed by atoms with Crippen molar-refractivity contribution in [1.82, 2.24) is 0 Å². The van der Waals surface area contributed by atoms with Gasteiger partial charge in [-0.25, -0.2) is 0 Å². The fourth-order valence-electron chi connectivity index (χ4n) is 4.15. The average Bonchev–Trinajstić information content (AvgIpc) is 2.84. The molecule has 0 saturated carbocycles. The van der Waals surface area contributed by atoms with Gasteiger partial charge in [0.1, 0.15) is 6.10 Å². The van der Waals surface area contributed by atoms with Crippen molar-refractivity contribution in [1.29, 1.82) is 21.2 Å². The van der Waals surface area contributed by atoms with Crippen molar-refractivity contribution >= 4 is 11.6 Å². The Morgan fingerprint density at radius 1 is 1.30 bits per heavy atom. The van der Waals surface area contributed by atoms with Crippen LogP contribution in [0.25, 0.3) is 0 Å². The van der Waals surface area contributed by atoms with Gasteiger partial charge in [-0.3, -0.25) is 15.5 Å². The predicted octanol–water partition coefficient (Wildman–Crippen LogP) is 2.96. The van der Waals surface area contributed by atoms with Gasteiger partial charge in [-0.15, -0.1) is 0 Å². The molecular weight excluding hydrogens is 350 g/mol. The Kier molecular flexibility index (Phi) is 3.91. The lowest BCUT2D eigenvalue weighted by Crippen LogP contribution is -2.58. The molecule has 2 bridgehead atoms. The summed E-state index contributed by atoms with van der Waals surface area (Å²) in [6.45, 7) is 3.36. The molecule has 27 heavy (non-hydrogen) atoms. The Morgan fingerprint density at radius 3 is 2.48 bits per heavy atom. The van der Waals surface area contributed by atoms with Crippen molar-refractivity contribution in [2.45, 2.75) is 32.2 Å². The first kappa shape index (κ1) is 18.3. The summed E-state index contributed by atoms with van der Waals surface area (Å²) in [7, 11) is 0. The van der Waals surface area contributed by atoms with Crippen molar-refractivity contribution < 1.29 is 14.4 Å². The number of hydrogen-bond acceptors (Lipinski definition) is 8. The second-order valence-electron chi connectivity index (χ2n) is 6.62. The molecule has 2 aliphatic rings. The van der Waals surface area contributed by atoms with E-state index in [1.54, 1.807) is 13.8 Å². The summed E-state index contributed by atoms with van der Waals surface area (Å²) >= 11 is 0. The molecule has 2 fully saturated rings. The average molecular weight is 365 g/mol. The van der Waals surface area contributed by atoms with Gasteiger partial charge in [0, 0.05) is 18.6 Å². The highest BCUT2D eigenvalue weighted by molar-refractivity contribution is 5.89. The molecule has 4 atom stereocenters. The third-order valence-electron chi connectivity index (χ3n) is 5.68. The summed E-state index contributed by atoms with van der Waals surface area (Å²) in [5.41, 5.74) is -4.00. The molecule has 1 aromatic carbocycles. The van der Waals surface area contributed by atoms with Crippen molar-refractivity contribution in [3.8, 4) is 18.2 Å². The van der Waals surface area contributed by atoms with Crippen LogP contribution in [0.5, 0.6) is 0 Å². The highest BCUT2D eigenvalue weighted by Gasteiger charge is 2.78. The van der Waals surface area contributed by atoms with Gasteiger partial charge in [-0.1, -0.05) is 26.0 Å². The number of nitrogens with zero attached hydrogens (tertiary/aromatic N) is 4. The highest BCUT2D eigenvalue weighted by Crippen LogP contribution is 2.67. The van der Waals surface area contributed by atoms with E-state index in [2.05, 4.69) is 0 Å². The highest BCUT2D eigenvalue weighted by atomic mass is 16.7. The molecule has 0 radical (unpaired) electrons. The number of rotatable bonds is 3. The maximum Gasteiger partial charge on any atom is 0.269 e. The van der Waals surface area contributed by atoms with E-state index < -0.39 is 39.5 Å². The van der Waals surface area contributed by atoms with Crippen LogP contribution in [0.2, 0.25) is 0 Å². The topological polar surface area (TPSA) is 157 Å². The smallest absolute Gasteiger partial charge is 0.269 e. The van der Waals surface area contributed by atoms with E-state index >= 15 is 0 Å². The maximum absolute atomic E-state index is 11.1. The monoisotopic (exact) mass is 365 g/mol. The van der Waals surface area contributed by atoms with Crippen molar-refractivity contribution in [2.24, 2.45) is 16.7 Å². The molecule has 136 valence electrons. The molecule has 2 aliphatic heterocycles. The molecule has 2 heterocycles. The minimum atomic E-state index is -2.11. The fourth-order valence-corrected chi connectivity index (χ4v) is 4.15. The van der Waals surface area contributed by atoms with Crippen molar-refractivity contribution in [2.75, 3.05) is 0 Å². The number of ether oxygens (including phenoxy) is 2. The zero-order valence-corrected chi connectivity index (χ0v) is 14.6. The van der Waals surface area contributed by atoms with Gasteiger partial charge in [0.15, 0.2) is 5.41 Å². The van der Waals surface area contributed by atoms with Crippen LogP contribution in [0.3, 0.4) is 0 Å². The number of fused-ring (bicyclic) bond motifs is 2. The minimum absolute atomic E-state index is 0.204. The van der Waals surface area contributed by atoms with Crippen LogP contribution in [-0.4, -0.2) is 16.6 Å². The van der Waals surface area contributed by atoms with E-state index in [1.165, 1.54) is 24.3 Å². The van der Waals surface area contributed by atoms with Gasteiger partial charge < -0.3 is 9.47 Å². The van der Waals surface area contributed by atoms with Crippen LogP contribution < -0.4 is 0 Å². The van der Waals surface area contributed by atoms with Crippen LogP contribution in [-0.2, 0) is 9.47 Å². The van der Waals surface area contributed by atoms with E-state index in [1.807, 2.05) is 18.2 Å². The van der Waals surface area contributed by atoms with Crippen LogP contribution in [0.15, 0.2) is 24.3 Å². The van der Waals surface area contributed by atoms with Gasteiger partial charge in [-0.2, -0.15) is 15.8 Å². The first-order chi connectivity index (χ1) is 12.8. The van der Waals surface area contributed by atoms with E-state index in [9.17, 15) is 25.9 Å². The number of non-ortho nitro benzene ring substituents is 1. The van der Waals surface area contributed by atoms with Gasteiger partial charge >= 0.3 is 0 Å². The first-order valence-electron chi connectivity index (χ1n) is 8.22. The number of nitrogens with one attached hydrogen (secondary N) is 1. The van der Waals surface area contributed by atoms with Crippen LogP contribution in [0.1, 0.15) is 31.9 Å². The lowest BCUT2D eigenvalue weighted by Gasteiger charge is -2.48. The molecule has 0 spiro atoms. The summed E-state index contributed by atoms with van der Waals surface area (Å²) in [5.74, 6) is -2.63. The van der Waals surface area contributed by atoms with Gasteiger partial charge in [-0.05, 0) is 5.56 Å². The third kappa shape index (κ3) is 1.96. The molecule has 0 aromatic heterocycles. The first-order valence-corrected chi connectivity index (χ1v) is 8.22. The Labute approximate surface area is 155 Å². The summed E-state index contributed by atoms with van der Waals surface area (Å²) in [6, 6.07) is 11.2. The summed E-state index contributed by atoms with van der Waals surface area (Å²) in [6.07, 6.45) is -1.04. The number of nitro groups is 1. The van der Waals surface area contributed by atoms with Crippen molar-refractivity contribution in [3.05, 3.63) is 39.9 Å². The summed E-state index contributed by atoms with van der Waals surface area (Å²) in [5, 5.41) is 49.3. The zero-order valence-electron chi connectivity index (χ0n) is 14.6. The number of nitriles is 3. The molecule has 1 N–H and O–H groups in total. The normalized spacial score (nSPS) is 33.2. The molecule has 0 aliphatic carbocycles. The predicted molar refractivity (Wildman–Crippen MR) is 89.6 cm³/mol. The van der Waals surface area contributed by atoms with Crippen LogP contribution >= 0.6 is 0 Å². The SMILES string of the molecule is CC[C@@]12OC(=N)[C@](C#N)([C@H]1C)C(C#N)(C#N)[C@H](c1cccc([N+](=O)[O-])c1)O2. The molecular formula is C18H15N5O4. The Morgan fingerprint density at radius 2 is 1.96 bits per heavy atom. The zero-order chi connectivity index (χ0) is 20.0. The minimum Gasteiger partial charge on any atom is -0.447 e. The third-order valence-corrected chi connectivity index (χ3v) is 5.68. The number of benzene rings is 1. The van der Waals surface area contributed by atoms with E-state index in [0.717, 1.165) is 0 Å². The molecule has 1 aromatic rings. The summed E-state index contributed by atoms with van der Waals surface area (Å²) in [4.78, 5) is 10.5. The lowest BCUT2D eigenvalue weighted by atomic mass is 9.53. The lowest BCUT2D eigenvalue weighted by molar-refractivity contribution is -0.385. The van der Waals surface area contributed by atoms with E-state index in [0.29, 0.717) is 0 Å². The molecule has 3 rings (SSSR count). The molecule has 2 saturated heterocycles. The maximum atomic E-state index is 11.1. The van der Waals surface area contributed by atoms with E-state index in [-0.39, 0.29) is 17.7 Å². The Bertz CT molecular complexity index is 957. The largest absolute Gasteiger partial charge is 0.447 e. The standard InChI is InChI=1S/C18H15N5O4/c1-3-18-11(2)17(10-21,15(22)27-18)16(8-19,9-20)14(26-18)12-5-4-6-13(7-12)23(24)25/h4-7,11,14,22H,3H2,1-2H3/t11-,14+,17+,18-/m1/s1. The fraction of sp³-hybridized carbons (Fsp3) is 0.444. The van der Waals surface area contributed by atoms with Crippen LogP contribution in [0, 0.1) is 66.3 Å². The molecule has 9 nitrogen and oxygen atoms in total. The van der Waals surface area contributed by atoms with Crippen molar-refractivity contribution in [3.63, 3.8) is 0 Å². The second kappa shape index (κ2) is 5.77. The van der Waals surface area contributed by atoms with Gasteiger partial charge in [0.05, 0.1) is 29.0 Å². The molecule has 0 amide bonds. The quantitative estimate of drug-likeness (QED) is 0.637. The number of nitro benzene ring substituents is 1. The van der Waals surface area contributed by atoms with E-state index in [4.69, 9.17) is 14.9 Å². The summed E-state index contributed by atoms with van der Waals surface area (Å²) < 4.78 is 11.7. The molecule has 0 unspecified atom stereocenters. The Hall–Kier alpha value is -3.48. The van der Waals surface area contributed by atoms with Gasteiger partial charge in [0.2, 0.25) is 17.1 Å². The molecule has 9 heteroatoms.